The van der Waals surface area contributed by atoms with Crippen molar-refractivity contribution < 1.29 is 28.6 Å². The van der Waals surface area contributed by atoms with E-state index in [1.54, 1.807) is 48.5 Å². The van der Waals surface area contributed by atoms with Crippen LogP contribution in [0.3, 0.4) is 0 Å². The van der Waals surface area contributed by atoms with E-state index in [9.17, 15) is 14.4 Å². The smallest absolute Gasteiger partial charge is 0.294 e. The molecule has 0 saturated carbocycles. The molecule has 0 spiro atoms. The molecule has 0 atom stereocenters. The topological polar surface area (TPSA) is 118 Å². The standard InChI is InChI=1S/C25H25N3O6S/c1-3-33-19-9-7-18(8-10-19)27-23(29)16-28-24(30)22(35-25(28)31)15-17-6-11-20(21(14-17)32-2)34-13-5-4-12-26/h6-11,14-15H,3-5,13,16H2,1-2H3,(H,27,29). The summed E-state index contributed by atoms with van der Waals surface area (Å²) >= 11 is 0.769. The van der Waals surface area contributed by atoms with Gasteiger partial charge < -0.3 is 19.5 Å². The Morgan fingerprint density at radius 1 is 1.14 bits per heavy atom. The predicted octanol–water partition coefficient (Wildman–Crippen LogP) is 4.45. The van der Waals surface area contributed by atoms with Crippen LogP contribution in [-0.4, -0.2) is 48.8 Å². The van der Waals surface area contributed by atoms with E-state index in [4.69, 9.17) is 19.5 Å². The number of methoxy groups -OCH3 is 1. The van der Waals surface area contributed by atoms with E-state index in [2.05, 4.69) is 11.4 Å². The van der Waals surface area contributed by atoms with Crippen molar-refractivity contribution in [2.45, 2.75) is 19.8 Å². The van der Waals surface area contributed by atoms with Crippen LogP contribution in [0.15, 0.2) is 47.4 Å². The second kappa shape index (κ2) is 12.5. The molecule has 1 fully saturated rings. The van der Waals surface area contributed by atoms with Crippen LogP contribution < -0.4 is 19.5 Å². The highest BCUT2D eigenvalue weighted by Gasteiger charge is 2.36. The van der Waals surface area contributed by atoms with Gasteiger partial charge in [-0.2, -0.15) is 5.26 Å². The lowest BCUT2D eigenvalue weighted by Gasteiger charge is -2.13. The summed E-state index contributed by atoms with van der Waals surface area (Å²) in [5.41, 5.74) is 1.17. The number of imide groups is 1. The minimum Gasteiger partial charge on any atom is -0.494 e. The number of unbranched alkanes of at least 4 members (excludes halogenated alkanes) is 1. The lowest BCUT2D eigenvalue weighted by Crippen LogP contribution is -2.36. The van der Waals surface area contributed by atoms with E-state index in [0.29, 0.717) is 54.6 Å². The van der Waals surface area contributed by atoms with E-state index in [1.165, 1.54) is 7.11 Å². The van der Waals surface area contributed by atoms with Crippen LogP contribution in [0.5, 0.6) is 17.2 Å². The number of ether oxygens (including phenoxy) is 3. The van der Waals surface area contributed by atoms with Crippen molar-refractivity contribution in [2.75, 3.05) is 32.2 Å². The maximum atomic E-state index is 12.8. The van der Waals surface area contributed by atoms with Gasteiger partial charge in [0.1, 0.15) is 12.3 Å². The molecule has 0 radical (unpaired) electrons. The molecule has 0 aromatic heterocycles. The molecule has 10 heteroatoms. The zero-order valence-corrected chi connectivity index (χ0v) is 20.2. The third-order valence-electron chi connectivity index (χ3n) is 4.80. The number of amides is 3. The number of thioether (sulfide) groups is 1. The number of hydrogen-bond donors (Lipinski definition) is 1. The molecular formula is C25H25N3O6S. The molecule has 1 N–H and O–H groups in total. The third-order valence-corrected chi connectivity index (χ3v) is 5.71. The van der Waals surface area contributed by atoms with Crippen LogP contribution in [0, 0.1) is 11.3 Å². The van der Waals surface area contributed by atoms with Gasteiger partial charge >= 0.3 is 0 Å². The third kappa shape index (κ3) is 7.01. The van der Waals surface area contributed by atoms with Crippen molar-refractivity contribution in [1.82, 2.24) is 4.90 Å². The summed E-state index contributed by atoms with van der Waals surface area (Å²) in [7, 11) is 1.50. The summed E-state index contributed by atoms with van der Waals surface area (Å²) in [5, 5.41) is 10.8. The summed E-state index contributed by atoms with van der Waals surface area (Å²) in [4.78, 5) is 38.7. The number of anilines is 1. The van der Waals surface area contributed by atoms with E-state index in [-0.39, 0.29) is 4.91 Å². The van der Waals surface area contributed by atoms with Gasteiger partial charge in [0.05, 0.1) is 31.3 Å². The monoisotopic (exact) mass is 495 g/mol. The molecule has 0 aliphatic carbocycles. The maximum Gasteiger partial charge on any atom is 0.294 e. The van der Waals surface area contributed by atoms with E-state index in [1.807, 2.05) is 6.92 Å². The van der Waals surface area contributed by atoms with Gasteiger partial charge in [-0.15, -0.1) is 0 Å². The molecule has 2 aromatic rings. The van der Waals surface area contributed by atoms with Gasteiger partial charge in [0.25, 0.3) is 11.1 Å². The number of rotatable bonds is 11. The molecule has 3 amide bonds. The number of carbonyl (C=O) groups excluding carboxylic acids is 3. The Hall–Kier alpha value is -3.97. The molecule has 182 valence electrons. The first-order valence-electron chi connectivity index (χ1n) is 10.9. The number of nitrogens with one attached hydrogen (secondary N) is 1. The minimum absolute atomic E-state index is 0.202. The zero-order chi connectivity index (χ0) is 25.2. The first-order valence-corrected chi connectivity index (χ1v) is 11.7. The van der Waals surface area contributed by atoms with Gasteiger partial charge in [-0.3, -0.25) is 19.3 Å². The summed E-state index contributed by atoms with van der Waals surface area (Å²) in [6.45, 7) is 2.39. The van der Waals surface area contributed by atoms with E-state index < -0.39 is 23.6 Å². The Bertz CT molecular complexity index is 1160. The van der Waals surface area contributed by atoms with Crippen molar-refractivity contribution in [2.24, 2.45) is 0 Å². The Labute approximate surface area is 207 Å². The number of hydrogen-bond acceptors (Lipinski definition) is 8. The average Bonchev–Trinajstić information content (AvgIpc) is 3.11. The van der Waals surface area contributed by atoms with Crippen LogP contribution in [0.2, 0.25) is 0 Å². The van der Waals surface area contributed by atoms with Crippen molar-refractivity contribution in [1.29, 1.82) is 5.26 Å². The van der Waals surface area contributed by atoms with Crippen LogP contribution in [0.4, 0.5) is 10.5 Å². The number of benzene rings is 2. The quantitative estimate of drug-likeness (QED) is 0.359. The van der Waals surface area contributed by atoms with Gasteiger partial charge in [0, 0.05) is 12.1 Å². The van der Waals surface area contributed by atoms with Gasteiger partial charge in [-0.25, -0.2) is 0 Å². The second-order valence-electron chi connectivity index (χ2n) is 7.29. The first kappa shape index (κ1) is 25.6. The molecule has 1 saturated heterocycles. The molecule has 0 bridgehead atoms. The largest absolute Gasteiger partial charge is 0.494 e. The first-order chi connectivity index (χ1) is 16.9. The van der Waals surface area contributed by atoms with Gasteiger partial charge in [0.15, 0.2) is 11.5 Å². The molecule has 1 aliphatic heterocycles. The fourth-order valence-electron chi connectivity index (χ4n) is 3.16. The summed E-state index contributed by atoms with van der Waals surface area (Å²) in [6.07, 6.45) is 2.56. The van der Waals surface area contributed by atoms with E-state index in [0.717, 1.165) is 16.7 Å². The number of carbonyl (C=O) groups is 3. The molecule has 1 aliphatic rings. The highest BCUT2D eigenvalue weighted by Crippen LogP contribution is 2.34. The highest BCUT2D eigenvalue weighted by molar-refractivity contribution is 8.18. The number of nitriles is 1. The maximum absolute atomic E-state index is 12.8. The molecule has 35 heavy (non-hydrogen) atoms. The van der Waals surface area contributed by atoms with Crippen molar-refractivity contribution in [3.05, 3.63) is 52.9 Å². The van der Waals surface area contributed by atoms with Crippen LogP contribution in [0.1, 0.15) is 25.3 Å². The Kier molecular flexibility index (Phi) is 9.15. The molecule has 1 heterocycles. The van der Waals surface area contributed by atoms with Gasteiger partial charge in [-0.05, 0) is 73.1 Å². The van der Waals surface area contributed by atoms with E-state index >= 15 is 0 Å². The zero-order valence-electron chi connectivity index (χ0n) is 19.4. The fourth-order valence-corrected chi connectivity index (χ4v) is 4.00. The second-order valence-corrected chi connectivity index (χ2v) is 8.29. The number of nitrogens with zero attached hydrogens (tertiary/aromatic N) is 2. The molecule has 3 rings (SSSR count). The lowest BCUT2D eigenvalue weighted by atomic mass is 10.2. The summed E-state index contributed by atoms with van der Waals surface area (Å²) in [5.74, 6) is 0.623. The van der Waals surface area contributed by atoms with Crippen molar-refractivity contribution in [3.8, 4) is 23.3 Å². The normalized spacial score (nSPS) is 14.1. The van der Waals surface area contributed by atoms with Crippen molar-refractivity contribution >= 4 is 40.6 Å². The van der Waals surface area contributed by atoms with Crippen LogP contribution in [0.25, 0.3) is 6.08 Å². The molecular weight excluding hydrogens is 470 g/mol. The van der Waals surface area contributed by atoms with Gasteiger partial charge in [0.2, 0.25) is 5.91 Å². The average molecular weight is 496 g/mol. The van der Waals surface area contributed by atoms with Crippen LogP contribution in [-0.2, 0) is 9.59 Å². The Balaban J connectivity index is 1.63. The Morgan fingerprint density at radius 2 is 1.91 bits per heavy atom. The minimum atomic E-state index is -0.544. The van der Waals surface area contributed by atoms with Crippen molar-refractivity contribution in [3.63, 3.8) is 0 Å². The molecule has 9 nitrogen and oxygen atoms in total. The fraction of sp³-hybridized carbons (Fsp3) is 0.280. The summed E-state index contributed by atoms with van der Waals surface area (Å²) < 4.78 is 16.4. The summed E-state index contributed by atoms with van der Waals surface area (Å²) in [6, 6.07) is 14.0. The molecule has 2 aromatic carbocycles. The lowest BCUT2D eigenvalue weighted by molar-refractivity contribution is -0.127. The van der Waals surface area contributed by atoms with Crippen LogP contribution >= 0.6 is 11.8 Å². The highest BCUT2D eigenvalue weighted by atomic mass is 32.2. The molecule has 0 unspecified atom stereocenters. The predicted molar refractivity (Wildman–Crippen MR) is 132 cm³/mol. The SMILES string of the molecule is CCOc1ccc(NC(=O)CN2C(=O)SC(=Cc3ccc(OCCCC#N)c(OC)c3)C2=O)cc1. The Morgan fingerprint density at radius 3 is 2.60 bits per heavy atom. The van der Waals surface area contributed by atoms with Gasteiger partial charge in [-0.1, -0.05) is 6.07 Å².